The molecule has 6 heteroatoms. The molecule has 0 spiro atoms. The fourth-order valence-electron chi connectivity index (χ4n) is 3.98. The Kier molecular flexibility index (Phi) is 6.61. The van der Waals surface area contributed by atoms with E-state index in [1.54, 1.807) is 24.4 Å². The molecule has 0 aromatic heterocycles. The first-order valence-electron chi connectivity index (χ1n) is 11.0. The lowest BCUT2D eigenvalue weighted by Crippen LogP contribution is -2.18. The van der Waals surface area contributed by atoms with Gasteiger partial charge in [0.1, 0.15) is 0 Å². The van der Waals surface area contributed by atoms with Crippen LogP contribution in [0.1, 0.15) is 29.2 Å². The van der Waals surface area contributed by atoms with Gasteiger partial charge in [-0.25, -0.2) is 0 Å². The van der Waals surface area contributed by atoms with E-state index < -0.39 is 0 Å². The van der Waals surface area contributed by atoms with Gasteiger partial charge in [-0.1, -0.05) is 102 Å². The van der Waals surface area contributed by atoms with Crippen LogP contribution in [0.25, 0.3) is 0 Å². The number of halogens is 2. The van der Waals surface area contributed by atoms with Gasteiger partial charge in [-0.2, -0.15) is 10.2 Å². The van der Waals surface area contributed by atoms with Crippen molar-refractivity contribution < 1.29 is 0 Å². The first-order chi connectivity index (χ1) is 16.7. The van der Waals surface area contributed by atoms with Crippen LogP contribution in [0.5, 0.6) is 0 Å². The lowest BCUT2D eigenvalue weighted by molar-refractivity contribution is 0.709. The SMILES string of the molecule is Clc1cccc(Cl)c1N/N=C/c1ccc(N2N=C(c3ccccc3)CC2c2ccccc2)cc1. The number of rotatable bonds is 6. The van der Waals surface area contributed by atoms with Gasteiger partial charge in [0, 0.05) is 6.42 Å². The minimum absolute atomic E-state index is 0.139. The number of benzene rings is 4. The van der Waals surface area contributed by atoms with Crippen molar-refractivity contribution in [2.24, 2.45) is 10.2 Å². The average molecular weight is 485 g/mol. The van der Waals surface area contributed by atoms with Crippen molar-refractivity contribution >= 4 is 46.5 Å². The Labute approximate surface area is 209 Å². The summed E-state index contributed by atoms with van der Waals surface area (Å²) in [5.74, 6) is 0. The molecule has 0 fully saturated rings. The van der Waals surface area contributed by atoms with E-state index in [2.05, 4.69) is 76.2 Å². The predicted octanol–water partition coefficient (Wildman–Crippen LogP) is 7.80. The van der Waals surface area contributed by atoms with E-state index in [-0.39, 0.29) is 6.04 Å². The fraction of sp³-hybridized carbons (Fsp3) is 0.0714. The van der Waals surface area contributed by atoms with E-state index >= 15 is 0 Å². The zero-order chi connectivity index (χ0) is 23.3. The molecule has 4 aromatic rings. The second-order valence-electron chi connectivity index (χ2n) is 7.95. The molecule has 1 atom stereocenters. The molecular weight excluding hydrogens is 463 g/mol. The van der Waals surface area contributed by atoms with Gasteiger partial charge in [-0.15, -0.1) is 0 Å². The van der Waals surface area contributed by atoms with Gasteiger partial charge < -0.3 is 0 Å². The Balaban J connectivity index is 1.38. The number of para-hydroxylation sites is 1. The van der Waals surface area contributed by atoms with E-state index in [4.69, 9.17) is 28.3 Å². The van der Waals surface area contributed by atoms with Gasteiger partial charge >= 0.3 is 0 Å². The Morgan fingerprint density at radius 1 is 0.794 bits per heavy atom. The molecule has 5 rings (SSSR count). The lowest BCUT2D eigenvalue weighted by atomic mass is 9.98. The fourth-order valence-corrected chi connectivity index (χ4v) is 4.46. The van der Waals surface area contributed by atoms with Gasteiger partial charge in [0.05, 0.1) is 39.4 Å². The second kappa shape index (κ2) is 10.1. The monoisotopic (exact) mass is 484 g/mol. The number of anilines is 2. The van der Waals surface area contributed by atoms with Crippen LogP contribution in [0.3, 0.4) is 0 Å². The van der Waals surface area contributed by atoms with E-state index in [0.717, 1.165) is 28.9 Å². The van der Waals surface area contributed by atoms with Gasteiger partial charge in [0.15, 0.2) is 0 Å². The van der Waals surface area contributed by atoms with Crippen molar-refractivity contribution in [2.75, 3.05) is 10.4 Å². The van der Waals surface area contributed by atoms with Crippen LogP contribution in [0.4, 0.5) is 11.4 Å². The highest BCUT2D eigenvalue weighted by Crippen LogP contribution is 2.36. The summed E-state index contributed by atoms with van der Waals surface area (Å²) in [4.78, 5) is 0. The average Bonchev–Trinajstić information content (AvgIpc) is 3.33. The van der Waals surface area contributed by atoms with Crippen LogP contribution in [0.2, 0.25) is 10.0 Å². The van der Waals surface area contributed by atoms with E-state index in [1.165, 1.54) is 5.56 Å². The number of hydrogen-bond donors (Lipinski definition) is 1. The molecule has 0 saturated heterocycles. The molecule has 1 aliphatic heterocycles. The Morgan fingerprint density at radius 2 is 1.44 bits per heavy atom. The molecular formula is C28H22Cl2N4. The summed E-state index contributed by atoms with van der Waals surface area (Å²) >= 11 is 12.4. The summed E-state index contributed by atoms with van der Waals surface area (Å²) in [5, 5.41) is 12.5. The number of nitrogens with one attached hydrogen (secondary N) is 1. The predicted molar refractivity (Wildman–Crippen MR) is 143 cm³/mol. The normalized spacial score (nSPS) is 15.5. The van der Waals surface area contributed by atoms with Crippen molar-refractivity contribution in [3.8, 4) is 0 Å². The molecule has 1 aliphatic rings. The van der Waals surface area contributed by atoms with E-state index in [1.807, 2.05) is 24.3 Å². The highest BCUT2D eigenvalue weighted by molar-refractivity contribution is 6.39. The maximum atomic E-state index is 6.19. The summed E-state index contributed by atoms with van der Waals surface area (Å²) in [6, 6.07) is 34.5. The molecule has 0 radical (unpaired) electrons. The molecule has 4 aromatic carbocycles. The third kappa shape index (κ3) is 4.84. The molecule has 4 nitrogen and oxygen atoms in total. The van der Waals surface area contributed by atoms with E-state index in [9.17, 15) is 0 Å². The standard InChI is InChI=1S/C28H22Cl2N4/c29-24-12-7-13-25(30)28(24)32-31-19-20-14-16-23(17-15-20)34-27(22-10-5-2-6-11-22)18-26(33-34)21-8-3-1-4-9-21/h1-17,19,27,32H,18H2/b31-19+. The molecule has 0 saturated carbocycles. The third-order valence-electron chi connectivity index (χ3n) is 5.71. The minimum atomic E-state index is 0.139. The zero-order valence-electron chi connectivity index (χ0n) is 18.3. The number of hydrazone groups is 2. The maximum Gasteiger partial charge on any atom is 0.0934 e. The van der Waals surface area contributed by atoms with Gasteiger partial charge in [-0.05, 0) is 41.0 Å². The van der Waals surface area contributed by atoms with Crippen molar-refractivity contribution in [2.45, 2.75) is 12.5 Å². The Morgan fingerprint density at radius 3 is 2.12 bits per heavy atom. The van der Waals surface area contributed by atoms with Crippen molar-refractivity contribution in [3.05, 3.63) is 130 Å². The Bertz CT molecular complexity index is 1300. The van der Waals surface area contributed by atoms with Crippen LogP contribution >= 0.6 is 23.2 Å². The van der Waals surface area contributed by atoms with Crippen LogP contribution in [-0.2, 0) is 0 Å². The zero-order valence-corrected chi connectivity index (χ0v) is 19.8. The molecule has 0 amide bonds. The topological polar surface area (TPSA) is 40.0 Å². The van der Waals surface area contributed by atoms with Crippen LogP contribution in [-0.4, -0.2) is 11.9 Å². The molecule has 0 bridgehead atoms. The minimum Gasteiger partial charge on any atom is -0.275 e. The highest BCUT2D eigenvalue weighted by Gasteiger charge is 2.29. The largest absolute Gasteiger partial charge is 0.275 e. The van der Waals surface area contributed by atoms with Crippen molar-refractivity contribution in [3.63, 3.8) is 0 Å². The molecule has 168 valence electrons. The lowest BCUT2D eigenvalue weighted by Gasteiger charge is -2.24. The van der Waals surface area contributed by atoms with Crippen molar-refractivity contribution in [1.82, 2.24) is 0 Å². The van der Waals surface area contributed by atoms with Gasteiger partial charge in [0.2, 0.25) is 0 Å². The van der Waals surface area contributed by atoms with E-state index in [0.29, 0.717) is 15.7 Å². The highest BCUT2D eigenvalue weighted by atomic mass is 35.5. The summed E-state index contributed by atoms with van der Waals surface area (Å²) in [7, 11) is 0. The first-order valence-corrected chi connectivity index (χ1v) is 11.7. The molecule has 1 N–H and O–H groups in total. The quantitative estimate of drug-likeness (QED) is 0.224. The van der Waals surface area contributed by atoms with Crippen LogP contribution in [0, 0.1) is 0 Å². The summed E-state index contributed by atoms with van der Waals surface area (Å²) in [6.07, 6.45) is 2.58. The number of nitrogens with zero attached hydrogens (tertiary/aromatic N) is 3. The number of hydrogen-bond acceptors (Lipinski definition) is 4. The van der Waals surface area contributed by atoms with Gasteiger partial charge in [-0.3, -0.25) is 10.4 Å². The molecule has 34 heavy (non-hydrogen) atoms. The second-order valence-corrected chi connectivity index (χ2v) is 8.76. The molecule has 1 heterocycles. The Hall–Kier alpha value is -3.60. The summed E-state index contributed by atoms with van der Waals surface area (Å²) in [6.45, 7) is 0. The summed E-state index contributed by atoms with van der Waals surface area (Å²) < 4.78 is 0. The molecule has 0 aliphatic carbocycles. The summed E-state index contributed by atoms with van der Waals surface area (Å²) in [5.41, 5.74) is 8.96. The van der Waals surface area contributed by atoms with Gasteiger partial charge in [0.25, 0.3) is 0 Å². The third-order valence-corrected chi connectivity index (χ3v) is 6.34. The van der Waals surface area contributed by atoms with Crippen LogP contribution in [0.15, 0.2) is 113 Å². The first kappa shape index (κ1) is 22.2. The van der Waals surface area contributed by atoms with Crippen molar-refractivity contribution in [1.29, 1.82) is 0 Å². The maximum absolute atomic E-state index is 6.19. The smallest absolute Gasteiger partial charge is 0.0934 e. The molecule has 1 unspecified atom stereocenters. The van der Waals surface area contributed by atoms with Crippen LogP contribution < -0.4 is 10.4 Å².